The van der Waals surface area contributed by atoms with Crippen molar-refractivity contribution in [1.29, 1.82) is 0 Å². The summed E-state index contributed by atoms with van der Waals surface area (Å²) in [5.74, 6) is -0.893. The number of ether oxygens (including phenoxy) is 1. The topological polar surface area (TPSA) is 79.4 Å². The molecule has 2 bridgehead atoms. The number of hydroxylamine groups is 2. The number of rotatable bonds is 2. The number of carbonyl (C=O) groups is 3. The van der Waals surface area contributed by atoms with E-state index in [0.29, 0.717) is 5.56 Å². The first kappa shape index (κ1) is 17.5. The molecule has 2 fully saturated rings. The van der Waals surface area contributed by atoms with Crippen molar-refractivity contribution in [3.8, 4) is 0 Å². The molecule has 0 radical (unpaired) electrons. The number of β-lactam (4-membered cyclic amide) rings is 1. The van der Waals surface area contributed by atoms with Crippen LogP contribution in [0.3, 0.4) is 0 Å². The van der Waals surface area contributed by atoms with Crippen LogP contribution < -0.4 is 0 Å². The lowest BCUT2D eigenvalue weighted by Crippen LogP contribution is -2.70. The van der Waals surface area contributed by atoms with Crippen molar-refractivity contribution >= 4 is 17.9 Å². The second-order valence-corrected chi connectivity index (χ2v) is 6.85. The van der Waals surface area contributed by atoms with Gasteiger partial charge in [-0.25, -0.2) is 9.80 Å². The molecule has 0 aromatic heterocycles. The SMILES string of the molecule is CCOC(=O)N1[C@@H]2C=C(C)[C@@H](ON2C(=O)c2ccccc2)[C@H]2[C@@H](C)C(=O)N21. The fourth-order valence-corrected chi connectivity index (χ4v) is 3.83. The minimum absolute atomic E-state index is 0.157. The number of hydrazine groups is 1. The number of benzene rings is 1. The predicted octanol–water partition coefficient (Wildman–Crippen LogP) is 1.95. The second kappa shape index (κ2) is 6.38. The molecule has 1 aromatic carbocycles. The van der Waals surface area contributed by atoms with Crippen LogP contribution >= 0.6 is 0 Å². The molecule has 8 nitrogen and oxygen atoms in total. The first-order valence-corrected chi connectivity index (χ1v) is 8.98. The van der Waals surface area contributed by atoms with Gasteiger partial charge in [0.15, 0.2) is 6.17 Å². The van der Waals surface area contributed by atoms with Gasteiger partial charge in [0, 0.05) is 5.56 Å². The van der Waals surface area contributed by atoms with E-state index in [9.17, 15) is 14.4 Å². The van der Waals surface area contributed by atoms with Crippen LogP contribution in [0, 0.1) is 5.92 Å². The van der Waals surface area contributed by atoms with Crippen molar-refractivity contribution in [2.75, 3.05) is 6.61 Å². The molecular weight excluding hydrogens is 350 g/mol. The number of hydrogen-bond acceptors (Lipinski definition) is 5. The number of hydrogen-bond donors (Lipinski definition) is 0. The maximum absolute atomic E-state index is 13.1. The zero-order valence-corrected chi connectivity index (χ0v) is 15.4. The molecule has 5 rings (SSSR count). The van der Waals surface area contributed by atoms with Crippen molar-refractivity contribution in [3.63, 3.8) is 0 Å². The Morgan fingerprint density at radius 3 is 2.59 bits per heavy atom. The monoisotopic (exact) mass is 371 g/mol. The van der Waals surface area contributed by atoms with Crippen LogP contribution in [0.5, 0.6) is 0 Å². The molecule has 2 saturated heterocycles. The van der Waals surface area contributed by atoms with Gasteiger partial charge in [0.25, 0.3) is 5.91 Å². The molecule has 0 aliphatic carbocycles. The van der Waals surface area contributed by atoms with E-state index < -0.39 is 18.4 Å². The van der Waals surface area contributed by atoms with Crippen molar-refractivity contribution < 1.29 is 24.0 Å². The van der Waals surface area contributed by atoms with Crippen LogP contribution in [-0.2, 0) is 14.4 Å². The van der Waals surface area contributed by atoms with Gasteiger partial charge in [-0.1, -0.05) is 25.1 Å². The number of amides is 3. The Morgan fingerprint density at radius 1 is 1.22 bits per heavy atom. The zero-order valence-electron chi connectivity index (χ0n) is 15.4. The van der Waals surface area contributed by atoms with Crippen LogP contribution in [0.1, 0.15) is 31.1 Å². The summed E-state index contributed by atoms with van der Waals surface area (Å²) in [6.45, 7) is 5.52. The van der Waals surface area contributed by atoms with Gasteiger partial charge >= 0.3 is 6.09 Å². The first-order valence-electron chi connectivity index (χ1n) is 8.98. The van der Waals surface area contributed by atoms with E-state index in [1.165, 1.54) is 15.1 Å². The molecule has 0 spiro atoms. The molecule has 4 atom stereocenters. The zero-order chi connectivity index (χ0) is 19.3. The largest absolute Gasteiger partial charge is 0.448 e. The van der Waals surface area contributed by atoms with Crippen LogP contribution in [0.25, 0.3) is 0 Å². The Bertz CT molecular complexity index is 824. The summed E-state index contributed by atoms with van der Waals surface area (Å²) in [4.78, 5) is 44.3. The average Bonchev–Trinajstić information content (AvgIpc) is 2.88. The van der Waals surface area contributed by atoms with Gasteiger partial charge < -0.3 is 4.74 Å². The van der Waals surface area contributed by atoms with E-state index in [-0.39, 0.29) is 30.4 Å². The van der Waals surface area contributed by atoms with Gasteiger partial charge in [-0.15, -0.1) is 0 Å². The number of fused-ring (bicyclic) bond motifs is 1. The molecule has 0 saturated carbocycles. The van der Waals surface area contributed by atoms with Crippen molar-refractivity contribution in [3.05, 3.63) is 47.5 Å². The van der Waals surface area contributed by atoms with Gasteiger partial charge in [0.1, 0.15) is 6.10 Å². The van der Waals surface area contributed by atoms with E-state index in [1.54, 1.807) is 44.2 Å². The summed E-state index contributed by atoms with van der Waals surface area (Å²) in [6, 6.07) is 8.32. The van der Waals surface area contributed by atoms with E-state index in [2.05, 4.69) is 0 Å². The lowest BCUT2D eigenvalue weighted by atomic mass is 9.84. The fraction of sp³-hybridized carbons (Fsp3) is 0.421. The molecule has 8 heteroatoms. The second-order valence-electron chi connectivity index (χ2n) is 6.85. The number of nitrogens with zero attached hydrogens (tertiary/aromatic N) is 3. The summed E-state index contributed by atoms with van der Waals surface area (Å²) < 4.78 is 5.16. The quantitative estimate of drug-likeness (QED) is 0.586. The first-order chi connectivity index (χ1) is 13.0. The van der Waals surface area contributed by atoms with E-state index >= 15 is 0 Å². The van der Waals surface area contributed by atoms with Crippen molar-refractivity contribution in [1.82, 2.24) is 15.1 Å². The fourth-order valence-electron chi connectivity index (χ4n) is 3.83. The molecule has 4 aliphatic rings. The van der Waals surface area contributed by atoms with Gasteiger partial charge in [-0.05, 0) is 37.6 Å². The van der Waals surface area contributed by atoms with Crippen LogP contribution in [-0.4, -0.2) is 57.9 Å². The van der Waals surface area contributed by atoms with Crippen LogP contribution in [0.2, 0.25) is 0 Å². The molecule has 0 unspecified atom stereocenters. The summed E-state index contributed by atoms with van der Waals surface area (Å²) in [7, 11) is 0. The Balaban J connectivity index is 1.77. The minimum Gasteiger partial charge on any atom is -0.448 e. The highest BCUT2D eigenvalue weighted by Gasteiger charge is 2.61. The van der Waals surface area contributed by atoms with Crippen molar-refractivity contribution in [2.24, 2.45) is 5.92 Å². The molecule has 27 heavy (non-hydrogen) atoms. The average molecular weight is 371 g/mol. The summed E-state index contributed by atoms with van der Waals surface area (Å²) in [5, 5.41) is 3.75. The number of carbonyl (C=O) groups excluding carboxylic acids is 3. The standard InChI is InChI=1S/C19H21N3O5/c1-4-26-19(25)20-14-10-11(2)16(15-12(3)17(23)21(15)20)27-22(14)18(24)13-8-6-5-7-9-13/h5-10,12,14-16H,4H2,1-3H3/t12-,14+,15-,16-/m1/s1. The minimum atomic E-state index is -0.894. The highest BCUT2D eigenvalue weighted by Crippen LogP contribution is 2.42. The van der Waals surface area contributed by atoms with Gasteiger partial charge in [-0.2, -0.15) is 10.1 Å². The predicted molar refractivity (Wildman–Crippen MR) is 93.7 cm³/mol. The van der Waals surface area contributed by atoms with Crippen LogP contribution in [0.15, 0.2) is 42.0 Å². The van der Waals surface area contributed by atoms with Crippen LogP contribution in [0.4, 0.5) is 4.79 Å². The Hall–Kier alpha value is -2.87. The molecule has 142 valence electrons. The summed E-state index contributed by atoms with van der Waals surface area (Å²) in [5.41, 5.74) is 1.31. The van der Waals surface area contributed by atoms with E-state index in [0.717, 1.165) is 5.57 Å². The van der Waals surface area contributed by atoms with Gasteiger partial charge in [0.05, 0.1) is 18.6 Å². The summed E-state index contributed by atoms with van der Waals surface area (Å²) in [6.07, 6.45) is -0.297. The van der Waals surface area contributed by atoms with E-state index in [4.69, 9.17) is 9.57 Å². The summed E-state index contributed by atoms with van der Waals surface area (Å²) >= 11 is 0. The van der Waals surface area contributed by atoms with Gasteiger partial charge in [-0.3, -0.25) is 14.4 Å². The molecule has 4 heterocycles. The van der Waals surface area contributed by atoms with Gasteiger partial charge in [0.2, 0.25) is 5.91 Å². The Labute approximate surface area is 156 Å². The smallest absolute Gasteiger partial charge is 0.431 e. The maximum Gasteiger partial charge on any atom is 0.431 e. The molecule has 0 N–H and O–H groups in total. The molecule has 3 amide bonds. The third kappa shape index (κ3) is 2.51. The normalized spacial score (nSPS) is 28.9. The maximum atomic E-state index is 13.1. The lowest BCUT2D eigenvalue weighted by Gasteiger charge is -2.49. The molecule has 4 aliphatic heterocycles. The lowest BCUT2D eigenvalue weighted by molar-refractivity contribution is -0.187. The third-order valence-electron chi connectivity index (χ3n) is 5.21. The van der Waals surface area contributed by atoms with Crippen molar-refractivity contribution in [2.45, 2.75) is 39.1 Å². The highest BCUT2D eigenvalue weighted by atomic mass is 16.7. The van der Waals surface area contributed by atoms with E-state index in [1.807, 2.05) is 13.0 Å². The third-order valence-corrected chi connectivity index (χ3v) is 5.21. The Morgan fingerprint density at radius 2 is 1.93 bits per heavy atom. The highest BCUT2D eigenvalue weighted by molar-refractivity contribution is 5.94. The molecule has 1 aromatic rings. The molecular formula is C19H21N3O5. The Kier molecular flexibility index (Phi) is 4.15.